The van der Waals surface area contributed by atoms with Gasteiger partial charge in [0, 0.05) is 5.69 Å². The summed E-state index contributed by atoms with van der Waals surface area (Å²) in [6, 6.07) is 19.3. The third-order valence-corrected chi connectivity index (χ3v) is 3.83. The van der Waals surface area contributed by atoms with Crippen LogP contribution in [0, 0.1) is 0 Å². The molecular formula is C17H13N. The van der Waals surface area contributed by atoms with E-state index in [-0.39, 0.29) is 0 Å². The van der Waals surface area contributed by atoms with Crippen LogP contribution in [0.1, 0.15) is 11.1 Å². The topological polar surface area (TPSA) is 26.0 Å². The van der Waals surface area contributed by atoms with Gasteiger partial charge in [-0.15, -0.1) is 0 Å². The predicted octanol–water partition coefficient (Wildman–Crippen LogP) is 3.99. The molecular weight excluding hydrogens is 218 g/mol. The van der Waals surface area contributed by atoms with Gasteiger partial charge in [-0.05, 0) is 51.6 Å². The highest BCUT2D eigenvalue weighted by Gasteiger charge is 2.20. The molecule has 1 aliphatic rings. The predicted molar refractivity (Wildman–Crippen MR) is 76.6 cm³/mol. The van der Waals surface area contributed by atoms with E-state index in [4.69, 9.17) is 5.73 Å². The van der Waals surface area contributed by atoms with E-state index in [1.807, 2.05) is 6.07 Å². The van der Waals surface area contributed by atoms with Crippen molar-refractivity contribution in [2.75, 3.05) is 5.73 Å². The van der Waals surface area contributed by atoms with E-state index in [1.165, 1.54) is 33.0 Å². The van der Waals surface area contributed by atoms with Gasteiger partial charge in [0.25, 0.3) is 0 Å². The third kappa shape index (κ3) is 1.22. The number of benzene rings is 3. The van der Waals surface area contributed by atoms with Gasteiger partial charge in [0.05, 0.1) is 0 Å². The van der Waals surface area contributed by atoms with Gasteiger partial charge in [-0.2, -0.15) is 0 Å². The van der Waals surface area contributed by atoms with Crippen molar-refractivity contribution in [3.63, 3.8) is 0 Å². The van der Waals surface area contributed by atoms with Crippen molar-refractivity contribution in [3.8, 4) is 11.1 Å². The molecule has 0 radical (unpaired) electrons. The monoisotopic (exact) mass is 231 g/mol. The van der Waals surface area contributed by atoms with Crippen molar-refractivity contribution in [1.82, 2.24) is 0 Å². The van der Waals surface area contributed by atoms with Crippen LogP contribution in [-0.4, -0.2) is 0 Å². The highest BCUT2D eigenvalue weighted by atomic mass is 14.5. The fourth-order valence-corrected chi connectivity index (χ4v) is 2.99. The van der Waals surface area contributed by atoms with Crippen molar-refractivity contribution >= 4 is 16.5 Å². The molecule has 0 heterocycles. The summed E-state index contributed by atoms with van der Waals surface area (Å²) in [5.41, 5.74) is 12.2. The van der Waals surface area contributed by atoms with E-state index >= 15 is 0 Å². The number of anilines is 1. The first-order valence-corrected chi connectivity index (χ1v) is 6.22. The minimum Gasteiger partial charge on any atom is -0.399 e. The second kappa shape index (κ2) is 3.36. The fraction of sp³-hybridized carbons (Fsp3) is 0.0588. The second-order valence-electron chi connectivity index (χ2n) is 4.91. The Morgan fingerprint density at radius 3 is 2.61 bits per heavy atom. The largest absolute Gasteiger partial charge is 0.399 e. The van der Waals surface area contributed by atoms with Crippen LogP contribution in [0.15, 0.2) is 54.6 Å². The van der Waals surface area contributed by atoms with Gasteiger partial charge in [0.15, 0.2) is 0 Å². The SMILES string of the molecule is Nc1ccc2c(c1)Cc1c-2ccc2ccccc12. The molecule has 0 aliphatic heterocycles. The first-order valence-electron chi connectivity index (χ1n) is 6.22. The van der Waals surface area contributed by atoms with Gasteiger partial charge < -0.3 is 5.73 Å². The molecule has 2 N–H and O–H groups in total. The summed E-state index contributed by atoms with van der Waals surface area (Å²) in [7, 11) is 0. The first-order chi connectivity index (χ1) is 8.83. The lowest BCUT2D eigenvalue weighted by Crippen LogP contribution is -1.87. The Kier molecular flexibility index (Phi) is 1.81. The number of fused-ring (bicyclic) bond motifs is 5. The number of rotatable bonds is 0. The fourth-order valence-electron chi connectivity index (χ4n) is 2.99. The summed E-state index contributed by atoms with van der Waals surface area (Å²) in [6.45, 7) is 0. The summed E-state index contributed by atoms with van der Waals surface area (Å²) in [5, 5.41) is 2.68. The van der Waals surface area contributed by atoms with E-state index < -0.39 is 0 Å². The Hall–Kier alpha value is -2.28. The summed E-state index contributed by atoms with van der Waals surface area (Å²) >= 11 is 0. The zero-order valence-electron chi connectivity index (χ0n) is 9.98. The van der Waals surface area contributed by atoms with Gasteiger partial charge in [0.1, 0.15) is 0 Å². The zero-order valence-corrected chi connectivity index (χ0v) is 9.98. The molecule has 1 aliphatic carbocycles. The molecule has 0 aromatic heterocycles. The smallest absolute Gasteiger partial charge is 0.0317 e. The van der Waals surface area contributed by atoms with E-state index in [1.54, 1.807) is 0 Å². The van der Waals surface area contributed by atoms with Crippen LogP contribution in [0.5, 0.6) is 0 Å². The van der Waals surface area contributed by atoms with Gasteiger partial charge >= 0.3 is 0 Å². The Balaban J connectivity index is 2.06. The molecule has 0 amide bonds. The molecule has 1 heteroatoms. The number of hydrogen-bond donors (Lipinski definition) is 1. The van der Waals surface area contributed by atoms with Gasteiger partial charge in [-0.1, -0.05) is 42.5 Å². The molecule has 18 heavy (non-hydrogen) atoms. The average Bonchev–Trinajstić information content (AvgIpc) is 2.76. The van der Waals surface area contributed by atoms with Crippen LogP contribution in [0.4, 0.5) is 5.69 Å². The van der Waals surface area contributed by atoms with Gasteiger partial charge in [-0.25, -0.2) is 0 Å². The lowest BCUT2D eigenvalue weighted by atomic mass is 9.99. The summed E-state index contributed by atoms with van der Waals surface area (Å²) < 4.78 is 0. The van der Waals surface area contributed by atoms with Crippen LogP contribution >= 0.6 is 0 Å². The quantitative estimate of drug-likeness (QED) is 0.455. The van der Waals surface area contributed by atoms with Crippen molar-refractivity contribution in [2.24, 2.45) is 0 Å². The van der Waals surface area contributed by atoms with Crippen molar-refractivity contribution in [3.05, 3.63) is 65.7 Å². The van der Waals surface area contributed by atoms with Gasteiger partial charge in [0.2, 0.25) is 0 Å². The molecule has 0 saturated heterocycles. The maximum absolute atomic E-state index is 5.88. The Morgan fingerprint density at radius 2 is 1.67 bits per heavy atom. The molecule has 1 nitrogen and oxygen atoms in total. The van der Waals surface area contributed by atoms with E-state index in [0.29, 0.717) is 0 Å². The first kappa shape index (κ1) is 9.72. The second-order valence-corrected chi connectivity index (χ2v) is 4.91. The average molecular weight is 231 g/mol. The molecule has 0 spiro atoms. The van der Waals surface area contributed by atoms with Crippen LogP contribution in [0.25, 0.3) is 21.9 Å². The molecule has 3 aromatic rings. The van der Waals surface area contributed by atoms with Crippen LogP contribution < -0.4 is 5.73 Å². The zero-order chi connectivity index (χ0) is 12.1. The molecule has 86 valence electrons. The molecule has 0 unspecified atom stereocenters. The minimum absolute atomic E-state index is 0.853. The van der Waals surface area contributed by atoms with Crippen molar-refractivity contribution < 1.29 is 0 Å². The van der Waals surface area contributed by atoms with E-state index in [0.717, 1.165) is 12.1 Å². The van der Waals surface area contributed by atoms with Crippen molar-refractivity contribution in [2.45, 2.75) is 6.42 Å². The standard InChI is InChI=1S/C17H13N/c18-13-6-8-15-12(9-13)10-17-14-4-2-1-3-11(14)5-7-16(15)17/h1-9H,10,18H2. The Morgan fingerprint density at radius 1 is 0.833 bits per heavy atom. The lowest BCUT2D eigenvalue weighted by molar-refractivity contribution is 1.29. The maximum atomic E-state index is 5.88. The van der Waals surface area contributed by atoms with E-state index in [2.05, 4.69) is 48.5 Å². The summed E-state index contributed by atoms with van der Waals surface area (Å²) in [6.07, 6.45) is 0.997. The molecule has 0 fully saturated rings. The Labute approximate surface area is 106 Å². The highest BCUT2D eigenvalue weighted by molar-refractivity contribution is 5.95. The van der Waals surface area contributed by atoms with Crippen molar-refractivity contribution in [1.29, 1.82) is 0 Å². The normalized spacial score (nSPS) is 12.4. The van der Waals surface area contributed by atoms with Crippen LogP contribution in [-0.2, 0) is 6.42 Å². The molecule has 0 atom stereocenters. The third-order valence-electron chi connectivity index (χ3n) is 3.83. The molecule has 3 aromatic carbocycles. The highest BCUT2D eigenvalue weighted by Crippen LogP contribution is 2.40. The Bertz CT molecular complexity index is 772. The van der Waals surface area contributed by atoms with Gasteiger partial charge in [-0.3, -0.25) is 0 Å². The minimum atomic E-state index is 0.853. The maximum Gasteiger partial charge on any atom is 0.0317 e. The molecule has 0 saturated carbocycles. The number of hydrogen-bond acceptors (Lipinski definition) is 1. The van der Waals surface area contributed by atoms with Crippen LogP contribution in [0.2, 0.25) is 0 Å². The molecule has 4 rings (SSSR count). The van der Waals surface area contributed by atoms with Crippen LogP contribution in [0.3, 0.4) is 0 Å². The number of nitrogens with two attached hydrogens (primary N) is 1. The molecule has 0 bridgehead atoms. The summed E-state index contributed by atoms with van der Waals surface area (Å²) in [4.78, 5) is 0. The number of nitrogen functional groups attached to an aromatic ring is 1. The van der Waals surface area contributed by atoms with E-state index in [9.17, 15) is 0 Å². The summed E-state index contributed by atoms with van der Waals surface area (Å²) in [5.74, 6) is 0. The lowest BCUT2D eigenvalue weighted by Gasteiger charge is -2.05.